The van der Waals surface area contributed by atoms with E-state index in [2.05, 4.69) is 140 Å². The summed E-state index contributed by atoms with van der Waals surface area (Å²) in [6.07, 6.45) is 1.65. The first-order chi connectivity index (χ1) is 37.7. The lowest BCUT2D eigenvalue weighted by molar-refractivity contribution is 0.446. The molecule has 2 aromatic heterocycles. The first kappa shape index (κ1) is 37.5. The summed E-state index contributed by atoms with van der Waals surface area (Å²) >= 11 is 0. The molecule has 6 aromatic carbocycles. The Hall–Kier alpha value is -6.26. The zero-order chi connectivity index (χ0) is 62.0. The zero-order valence-electron chi connectivity index (χ0n) is 56.4. The molecule has 0 unspecified atom stereocenters. The Balaban J connectivity index is 1.39. The number of imidazole rings is 1. The van der Waals surface area contributed by atoms with Gasteiger partial charge in [0.25, 0.3) is 0 Å². The fraction of sp³-hybridized carbons (Fsp3) is 0.373. The van der Waals surface area contributed by atoms with E-state index in [-0.39, 0.29) is 38.5 Å². The molecule has 0 saturated carbocycles. The van der Waals surface area contributed by atoms with Crippen molar-refractivity contribution in [3.63, 3.8) is 0 Å². The Morgan fingerprint density at radius 1 is 0.451 bits per heavy atom. The molecule has 0 saturated heterocycles. The van der Waals surface area contributed by atoms with Crippen LogP contribution < -0.4 is 0 Å². The molecule has 4 nitrogen and oxygen atoms in total. The van der Waals surface area contributed by atoms with Crippen molar-refractivity contribution < 1.29 is 21.6 Å². The lowest BCUT2D eigenvalue weighted by atomic mass is 9.78. The molecule has 2 heterocycles. The van der Waals surface area contributed by atoms with Crippen LogP contribution in [0.15, 0.2) is 128 Å². The van der Waals surface area contributed by atoms with E-state index < -0.39 is 38.2 Å². The molecule has 368 valence electrons. The Labute approximate surface area is 443 Å². The third-order valence-corrected chi connectivity index (χ3v) is 13.8. The average molecular weight is 954 g/mol. The molecule has 0 atom stereocenters. The van der Waals surface area contributed by atoms with Crippen LogP contribution in [0, 0.1) is 6.85 Å². The fourth-order valence-corrected chi connectivity index (χ4v) is 9.18. The minimum Gasteiger partial charge on any atom is -0.507 e. The molecule has 0 radical (unpaired) electrons. The molecule has 0 amide bonds. The van der Waals surface area contributed by atoms with Gasteiger partial charge in [0.1, 0.15) is 11.6 Å². The second-order valence-electron chi connectivity index (χ2n) is 24.7. The third-order valence-electron chi connectivity index (χ3n) is 13.8. The molecule has 8 aromatic rings. The van der Waals surface area contributed by atoms with Crippen molar-refractivity contribution in [1.29, 1.82) is 0 Å². The van der Waals surface area contributed by atoms with Crippen molar-refractivity contribution in [1.82, 2.24) is 14.5 Å². The highest BCUT2D eigenvalue weighted by molar-refractivity contribution is 5.97. The van der Waals surface area contributed by atoms with Gasteiger partial charge in [-0.05, 0) is 149 Å². The Kier molecular flexibility index (Phi) is 9.40. The van der Waals surface area contributed by atoms with E-state index in [1.807, 2.05) is 53.1 Å². The number of pyridine rings is 1. The summed E-state index contributed by atoms with van der Waals surface area (Å²) in [7, 11) is 0. The number of nitrogens with zero attached hydrogens (tertiary/aromatic N) is 3. The average Bonchev–Trinajstić information content (AvgIpc) is 1.55. The molecule has 0 spiro atoms. The fourth-order valence-electron chi connectivity index (χ4n) is 9.18. The molecule has 0 aliphatic rings. The minimum atomic E-state index is -3.40. The molecule has 0 aliphatic carbocycles. The van der Waals surface area contributed by atoms with Crippen LogP contribution in [0.1, 0.15) is 180 Å². The van der Waals surface area contributed by atoms with Crippen LogP contribution >= 0.6 is 0 Å². The maximum Gasteiger partial charge on any atom is 0.149 e. The number of benzene rings is 6. The van der Waals surface area contributed by atoms with Crippen molar-refractivity contribution in [2.75, 3.05) is 0 Å². The highest BCUT2D eigenvalue weighted by Crippen LogP contribution is 2.46. The summed E-state index contributed by atoms with van der Waals surface area (Å²) in [6, 6.07) is 37.6. The predicted octanol–water partition coefficient (Wildman–Crippen LogP) is 18.6. The van der Waals surface area contributed by atoms with Gasteiger partial charge in [-0.3, -0.25) is 9.55 Å². The Morgan fingerprint density at radius 3 is 1.61 bits per heavy atom. The largest absolute Gasteiger partial charge is 0.507 e. The smallest absolute Gasteiger partial charge is 0.149 e. The summed E-state index contributed by atoms with van der Waals surface area (Å²) < 4.78 is 104. The van der Waals surface area contributed by atoms with E-state index in [1.165, 1.54) is 24.3 Å². The first-order valence-corrected chi connectivity index (χ1v) is 24.7. The number of hydrogen-bond donors (Lipinski definition) is 1. The standard InChI is InChI=1S/C67H79N3O/c1-41-31-43(45-33-50(64(8,9)10)38-51(34-45)65(11,12)13)25-28-57(41)70-58-22-20-21-53(59(58)69-61(70)54-39-52(66(14,15)16)40-55(60(54)71)67(17,18)19)46-32-47(36-49(35-46)63(5,6)7)56-37-44(29-30-68-56)42-23-26-48(27-24-42)62(2,3)4/h20-40,71H,1-19H3/i1D3,2D3,3D3,4D3. The molecule has 4 heteroatoms. The molecular weight excluding hydrogens is 863 g/mol. The van der Waals surface area contributed by atoms with E-state index in [0.717, 1.165) is 55.6 Å². The van der Waals surface area contributed by atoms with Gasteiger partial charge in [-0.1, -0.05) is 197 Å². The second kappa shape index (κ2) is 17.8. The van der Waals surface area contributed by atoms with Gasteiger partial charge in [-0.2, -0.15) is 0 Å². The SMILES string of the molecule is [2H]C([2H])([2H])c1cc(-c2cc(C(C)(C)C)cc(C(C)(C)C)c2)ccc1-n1c(-c2cc(C(C)(C)C)cc(C(C)(C)C)c2O)nc2c(-c3cc(-c4cc(-c5ccc(C(C([2H])([2H])[2H])(C([2H])([2H])[2H])C([2H])([2H])[2H])cc5)ccn4)cc(C(C)(C)C)c3)cccc21. The minimum absolute atomic E-state index is 0.0492. The number of aryl methyl sites for hydroxylation is 1. The summed E-state index contributed by atoms with van der Waals surface area (Å²) in [4.78, 5) is 10.4. The number of rotatable bonds is 6. The van der Waals surface area contributed by atoms with Crippen molar-refractivity contribution in [2.24, 2.45) is 0 Å². The molecule has 0 bridgehead atoms. The number of hydrogen-bond acceptors (Lipinski definition) is 3. The topological polar surface area (TPSA) is 50.9 Å². The van der Waals surface area contributed by atoms with Gasteiger partial charge in [-0.25, -0.2) is 4.98 Å². The van der Waals surface area contributed by atoms with Gasteiger partial charge >= 0.3 is 0 Å². The number of aromatic nitrogens is 3. The Bertz CT molecular complexity index is 3700. The van der Waals surface area contributed by atoms with Gasteiger partial charge in [-0.15, -0.1) is 0 Å². The molecule has 1 N–H and O–H groups in total. The van der Waals surface area contributed by atoms with E-state index in [4.69, 9.17) is 22.3 Å². The lowest BCUT2D eigenvalue weighted by Crippen LogP contribution is -2.17. The van der Waals surface area contributed by atoms with Crippen LogP contribution in [0.25, 0.3) is 72.7 Å². The first-order valence-electron chi connectivity index (χ1n) is 30.7. The Morgan fingerprint density at radius 2 is 1.01 bits per heavy atom. The number of aromatic hydroxyl groups is 1. The van der Waals surface area contributed by atoms with Crippen molar-refractivity contribution in [3.05, 3.63) is 166 Å². The highest BCUT2D eigenvalue weighted by atomic mass is 16.3. The second-order valence-corrected chi connectivity index (χ2v) is 24.7. The van der Waals surface area contributed by atoms with Gasteiger partial charge in [0.2, 0.25) is 0 Å². The van der Waals surface area contributed by atoms with Gasteiger partial charge < -0.3 is 5.11 Å². The van der Waals surface area contributed by atoms with Crippen LogP contribution in [-0.2, 0) is 32.5 Å². The van der Waals surface area contributed by atoms with Crippen LogP contribution in [0.2, 0.25) is 0 Å². The summed E-state index contributed by atoms with van der Waals surface area (Å²) in [6.45, 7) is 19.2. The highest BCUT2D eigenvalue weighted by Gasteiger charge is 2.30. The van der Waals surface area contributed by atoms with E-state index >= 15 is 0 Å². The van der Waals surface area contributed by atoms with Gasteiger partial charge in [0.15, 0.2) is 0 Å². The number of fused-ring (bicyclic) bond motifs is 1. The third kappa shape index (κ3) is 10.4. The van der Waals surface area contributed by atoms with E-state index in [9.17, 15) is 9.22 Å². The van der Waals surface area contributed by atoms with E-state index in [1.54, 1.807) is 18.3 Å². The van der Waals surface area contributed by atoms with Crippen LogP contribution in [0.3, 0.4) is 0 Å². The summed E-state index contributed by atoms with van der Waals surface area (Å²) in [5, 5.41) is 12.7. The predicted molar refractivity (Wildman–Crippen MR) is 305 cm³/mol. The van der Waals surface area contributed by atoms with Gasteiger partial charge in [0.05, 0.1) is 28.0 Å². The van der Waals surface area contributed by atoms with Crippen molar-refractivity contribution >= 4 is 11.0 Å². The molecular formula is C67H79N3O. The monoisotopic (exact) mass is 954 g/mol. The molecule has 0 aliphatic heterocycles. The quantitative estimate of drug-likeness (QED) is 0.181. The van der Waals surface area contributed by atoms with Crippen LogP contribution in [0.5, 0.6) is 5.75 Å². The van der Waals surface area contributed by atoms with Crippen LogP contribution in [0.4, 0.5) is 0 Å². The van der Waals surface area contributed by atoms with Gasteiger partial charge in [0, 0.05) is 39.3 Å². The molecule has 8 rings (SSSR count). The number of phenolic OH excluding ortho intramolecular Hbond substituents is 1. The van der Waals surface area contributed by atoms with E-state index in [0.29, 0.717) is 44.9 Å². The molecule has 71 heavy (non-hydrogen) atoms. The van der Waals surface area contributed by atoms with Crippen molar-refractivity contribution in [3.8, 4) is 67.5 Å². The summed E-state index contributed by atoms with van der Waals surface area (Å²) in [5.41, 5.74) is 7.81. The maximum atomic E-state index is 12.7. The number of phenols is 1. The number of para-hydroxylation sites is 1. The maximum absolute atomic E-state index is 12.7. The summed E-state index contributed by atoms with van der Waals surface area (Å²) in [5.74, 6) is 0.416. The van der Waals surface area contributed by atoms with Crippen molar-refractivity contribution in [2.45, 2.75) is 164 Å². The molecule has 0 fully saturated rings. The lowest BCUT2D eigenvalue weighted by Gasteiger charge is -2.27. The normalized spacial score (nSPS) is 16.3. The zero-order valence-corrected chi connectivity index (χ0v) is 44.4. The van der Waals surface area contributed by atoms with Crippen LogP contribution in [-0.4, -0.2) is 19.6 Å².